The van der Waals surface area contributed by atoms with Gasteiger partial charge in [-0.05, 0) is 51.3 Å². The minimum atomic E-state index is 0.341. The molecule has 1 aromatic carbocycles. The first-order chi connectivity index (χ1) is 8.70. The van der Waals surface area contributed by atoms with Crippen LogP contribution in [0.1, 0.15) is 51.1 Å². The number of hydrogen-bond acceptors (Lipinski definition) is 2. The van der Waals surface area contributed by atoms with E-state index in [-0.39, 0.29) is 0 Å². The molecule has 100 valence electrons. The van der Waals surface area contributed by atoms with Gasteiger partial charge >= 0.3 is 0 Å². The van der Waals surface area contributed by atoms with Gasteiger partial charge in [0.1, 0.15) is 5.75 Å². The molecule has 1 aliphatic rings. The van der Waals surface area contributed by atoms with Crippen LogP contribution in [0.5, 0.6) is 5.75 Å². The largest absolute Gasteiger partial charge is 0.490 e. The van der Waals surface area contributed by atoms with E-state index in [0.717, 1.165) is 23.2 Å². The standard InChI is InChI=1S/C15H22BrNO/c1-3-9-17-11(2)14-8-7-12(16)10-15(14)18-13-5-4-6-13/h7-8,10-11,13,17H,3-6,9H2,1-2H3. The van der Waals surface area contributed by atoms with Crippen molar-refractivity contribution in [1.29, 1.82) is 0 Å². The normalized spacial score (nSPS) is 17.3. The van der Waals surface area contributed by atoms with Crippen molar-refractivity contribution >= 4 is 15.9 Å². The Morgan fingerprint density at radius 3 is 2.83 bits per heavy atom. The second kappa shape index (κ2) is 6.58. The molecule has 1 saturated carbocycles. The third kappa shape index (κ3) is 3.48. The number of benzene rings is 1. The maximum Gasteiger partial charge on any atom is 0.125 e. The second-order valence-electron chi connectivity index (χ2n) is 5.03. The molecular weight excluding hydrogens is 290 g/mol. The van der Waals surface area contributed by atoms with E-state index in [9.17, 15) is 0 Å². The van der Waals surface area contributed by atoms with Gasteiger partial charge in [-0.1, -0.05) is 28.9 Å². The van der Waals surface area contributed by atoms with Crippen molar-refractivity contribution in [2.45, 2.75) is 51.7 Å². The zero-order valence-electron chi connectivity index (χ0n) is 11.2. The first-order valence-corrected chi connectivity index (χ1v) is 7.69. The molecule has 0 spiro atoms. The average Bonchev–Trinajstić information content (AvgIpc) is 2.31. The molecule has 1 atom stereocenters. The third-order valence-electron chi connectivity index (χ3n) is 3.49. The third-order valence-corrected chi connectivity index (χ3v) is 3.98. The summed E-state index contributed by atoms with van der Waals surface area (Å²) in [5.74, 6) is 1.03. The number of nitrogens with one attached hydrogen (secondary N) is 1. The molecule has 0 radical (unpaired) electrons. The SMILES string of the molecule is CCCNC(C)c1ccc(Br)cc1OC1CCC1. The van der Waals surface area contributed by atoms with Gasteiger partial charge in [-0.15, -0.1) is 0 Å². The van der Waals surface area contributed by atoms with E-state index in [4.69, 9.17) is 4.74 Å². The fraction of sp³-hybridized carbons (Fsp3) is 0.600. The molecule has 0 amide bonds. The van der Waals surface area contributed by atoms with Gasteiger partial charge < -0.3 is 10.1 Å². The van der Waals surface area contributed by atoms with Gasteiger partial charge in [0.2, 0.25) is 0 Å². The van der Waals surface area contributed by atoms with E-state index in [2.05, 4.69) is 53.3 Å². The predicted octanol–water partition coefficient (Wildman–Crippen LogP) is 4.44. The van der Waals surface area contributed by atoms with Gasteiger partial charge in [0.05, 0.1) is 6.10 Å². The van der Waals surface area contributed by atoms with Gasteiger partial charge in [-0.3, -0.25) is 0 Å². The Balaban J connectivity index is 2.10. The Kier molecular flexibility index (Phi) is 5.07. The zero-order chi connectivity index (χ0) is 13.0. The molecule has 2 rings (SSSR count). The lowest BCUT2D eigenvalue weighted by Crippen LogP contribution is -2.26. The van der Waals surface area contributed by atoms with Crippen LogP contribution in [0.3, 0.4) is 0 Å². The summed E-state index contributed by atoms with van der Waals surface area (Å²) in [6, 6.07) is 6.68. The van der Waals surface area contributed by atoms with E-state index in [1.54, 1.807) is 0 Å². The summed E-state index contributed by atoms with van der Waals surface area (Å²) in [5, 5.41) is 3.52. The van der Waals surface area contributed by atoms with Crippen molar-refractivity contribution in [3.63, 3.8) is 0 Å². The van der Waals surface area contributed by atoms with Crippen LogP contribution in [0.15, 0.2) is 22.7 Å². The van der Waals surface area contributed by atoms with Gasteiger partial charge in [-0.25, -0.2) is 0 Å². The summed E-state index contributed by atoms with van der Waals surface area (Å²) in [6.45, 7) is 5.43. The summed E-state index contributed by atoms with van der Waals surface area (Å²) < 4.78 is 7.18. The van der Waals surface area contributed by atoms with Crippen LogP contribution in [-0.2, 0) is 0 Å². The summed E-state index contributed by atoms with van der Waals surface area (Å²) in [4.78, 5) is 0. The van der Waals surface area contributed by atoms with Gasteiger partial charge in [0.15, 0.2) is 0 Å². The molecular formula is C15H22BrNO. The van der Waals surface area contributed by atoms with Crippen LogP contribution < -0.4 is 10.1 Å². The van der Waals surface area contributed by atoms with Gasteiger partial charge in [-0.2, -0.15) is 0 Å². The zero-order valence-corrected chi connectivity index (χ0v) is 12.8. The molecule has 0 bridgehead atoms. The van der Waals surface area contributed by atoms with E-state index in [0.29, 0.717) is 12.1 Å². The molecule has 1 aliphatic carbocycles. The molecule has 1 N–H and O–H groups in total. The average molecular weight is 312 g/mol. The minimum absolute atomic E-state index is 0.341. The Morgan fingerprint density at radius 2 is 2.22 bits per heavy atom. The first-order valence-electron chi connectivity index (χ1n) is 6.90. The lowest BCUT2D eigenvalue weighted by molar-refractivity contribution is 0.118. The summed E-state index contributed by atoms with van der Waals surface area (Å²) in [6.07, 6.45) is 5.28. The number of rotatable bonds is 6. The molecule has 3 heteroatoms. The minimum Gasteiger partial charge on any atom is -0.490 e. The Hall–Kier alpha value is -0.540. The van der Waals surface area contributed by atoms with Crippen LogP contribution in [0, 0.1) is 0 Å². The lowest BCUT2D eigenvalue weighted by atomic mass is 9.96. The molecule has 1 unspecified atom stereocenters. The van der Waals surface area contributed by atoms with E-state index in [1.165, 1.54) is 24.8 Å². The summed E-state index contributed by atoms with van der Waals surface area (Å²) >= 11 is 3.53. The predicted molar refractivity (Wildman–Crippen MR) is 79.1 cm³/mol. The van der Waals surface area contributed by atoms with Crippen molar-refractivity contribution in [3.05, 3.63) is 28.2 Å². The van der Waals surface area contributed by atoms with Crippen molar-refractivity contribution in [2.75, 3.05) is 6.54 Å². The highest BCUT2D eigenvalue weighted by molar-refractivity contribution is 9.10. The van der Waals surface area contributed by atoms with Gasteiger partial charge in [0.25, 0.3) is 0 Å². The van der Waals surface area contributed by atoms with E-state index in [1.807, 2.05) is 0 Å². The Bertz CT molecular complexity index is 390. The lowest BCUT2D eigenvalue weighted by Gasteiger charge is -2.28. The smallest absolute Gasteiger partial charge is 0.125 e. The van der Waals surface area contributed by atoms with Gasteiger partial charge in [0, 0.05) is 16.1 Å². The van der Waals surface area contributed by atoms with E-state index < -0.39 is 0 Å². The molecule has 1 aromatic rings. The highest BCUT2D eigenvalue weighted by atomic mass is 79.9. The summed E-state index contributed by atoms with van der Waals surface area (Å²) in [7, 11) is 0. The number of hydrogen-bond donors (Lipinski definition) is 1. The monoisotopic (exact) mass is 311 g/mol. The number of halogens is 1. The first kappa shape index (κ1) is 13.9. The fourth-order valence-corrected chi connectivity index (χ4v) is 2.45. The molecule has 0 aliphatic heterocycles. The second-order valence-corrected chi connectivity index (χ2v) is 5.94. The van der Waals surface area contributed by atoms with Crippen LogP contribution in [0.4, 0.5) is 0 Å². The molecule has 0 saturated heterocycles. The van der Waals surface area contributed by atoms with Crippen molar-refractivity contribution in [2.24, 2.45) is 0 Å². The van der Waals surface area contributed by atoms with Crippen LogP contribution in [0.2, 0.25) is 0 Å². The van der Waals surface area contributed by atoms with Crippen LogP contribution in [-0.4, -0.2) is 12.6 Å². The maximum atomic E-state index is 6.09. The van der Waals surface area contributed by atoms with Crippen molar-refractivity contribution < 1.29 is 4.74 Å². The quantitative estimate of drug-likeness (QED) is 0.838. The maximum absolute atomic E-state index is 6.09. The molecule has 1 fully saturated rings. The molecule has 18 heavy (non-hydrogen) atoms. The van der Waals surface area contributed by atoms with E-state index >= 15 is 0 Å². The topological polar surface area (TPSA) is 21.3 Å². The van der Waals surface area contributed by atoms with Crippen LogP contribution in [0.25, 0.3) is 0 Å². The summed E-state index contributed by atoms with van der Waals surface area (Å²) in [5.41, 5.74) is 1.26. The van der Waals surface area contributed by atoms with Crippen molar-refractivity contribution in [1.82, 2.24) is 5.32 Å². The molecule has 0 aromatic heterocycles. The Labute approximate surface area is 118 Å². The van der Waals surface area contributed by atoms with Crippen LogP contribution >= 0.6 is 15.9 Å². The molecule has 2 nitrogen and oxygen atoms in total. The Morgan fingerprint density at radius 1 is 1.44 bits per heavy atom. The highest BCUT2D eigenvalue weighted by Crippen LogP contribution is 2.33. The van der Waals surface area contributed by atoms with Crippen molar-refractivity contribution in [3.8, 4) is 5.75 Å². The molecule has 0 heterocycles. The highest BCUT2D eigenvalue weighted by Gasteiger charge is 2.21. The number of ether oxygens (including phenoxy) is 1. The fourth-order valence-electron chi connectivity index (χ4n) is 2.11.